The highest BCUT2D eigenvalue weighted by atomic mass is 16.3. The Morgan fingerprint density at radius 1 is 0.826 bits per heavy atom. The van der Waals surface area contributed by atoms with Crippen LogP contribution < -0.4 is 0 Å². The van der Waals surface area contributed by atoms with Crippen LogP contribution in [0.3, 0.4) is 0 Å². The normalized spacial score (nSPS) is 13.0. The molecule has 2 aromatic carbocycles. The van der Waals surface area contributed by atoms with Crippen molar-refractivity contribution in [3.8, 4) is 11.5 Å². The molecule has 0 radical (unpaired) electrons. The fourth-order valence-corrected chi connectivity index (χ4v) is 2.36. The van der Waals surface area contributed by atoms with E-state index in [1.54, 1.807) is 0 Å². The highest BCUT2D eigenvalue weighted by Gasteiger charge is 2.33. The first-order valence-electron chi connectivity index (χ1n) is 6.75. The zero-order valence-electron chi connectivity index (χ0n) is 11.8. The number of carbonyl (C=O) groups excluding carboxylic acids is 1. The number of aromatic amines is 1. The van der Waals surface area contributed by atoms with E-state index < -0.39 is 28.8 Å². The number of nitrogens with one attached hydrogen (secondary N) is 1. The molecule has 23 heavy (non-hydrogen) atoms. The first-order chi connectivity index (χ1) is 11.0. The van der Waals surface area contributed by atoms with Crippen molar-refractivity contribution in [3.05, 3.63) is 65.5 Å². The predicted molar refractivity (Wildman–Crippen MR) is 84.6 cm³/mol. The smallest absolute Gasteiger partial charge is 0.235 e. The molecule has 116 valence electrons. The number of hydrogen-bond donors (Lipinski definition) is 5. The lowest BCUT2D eigenvalue weighted by Crippen LogP contribution is -1.98. The third kappa shape index (κ3) is 2.36. The van der Waals surface area contributed by atoms with Gasteiger partial charge < -0.3 is 25.4 Å². The van der Waals surface area contributed by atoms with Crippen molar-refractivity contribution in [3.63, 3.8) is 0 Å². The van der Waals surface area contributed by atoms with Crippen molar-refractivity contribution >= 4 is 22.4 Å². The van der Waals surface area contributed by atoms with E-state index in [9.17, 15) is 15.0 Å². The summed E-state index contributed by atoms with van der Waals surface area (Å²) < 4.78 is 0. The van der Waals surface area contributed by atoms with Gasteiger partial charge in [-0.3, -0.25) is 4.79 Å². The topological polar surface area (TPSA) is 114 Å². The first-order valence-corrected chi connectivity index (χ1v) is 6.75. The Labute approximate surface area is 130 Å². The number of para-hydroxylation sites is 1. The molecule has 0 aliphatic heterocycles. The minimum atomic E-state index is -0.897. The SMILES string of the molecule is O=C1C(O)=C(O)c2ccc(O)c(O)c21.c1ccc2[nH]ccc2c1. The predicted octanol–water partition coefficient (Wildman–Crippen LogP) is 3.25. The summed E-state index contributed by atoms with van der Waals surface area (Å²) in [6.07, 6.45) is 1.95. The van der Waals surface area contributed by atoms with E-state index >= 15 is 0 Å². The molecule has 3 aromatic rings. The van der Waals surface area contributed by atoms with E-state index in [0.717, 1.165) is 6.07 Å². The van der Waals surface area contributed by atoms with Crippen molar-refractivity contribution < 1.29 is 25.2 Å². The Bertz CT molecular complexity index is 909. The summed E-state index contributed by atoms with van der Waals surface area (Å²) in [5, 5.41) is 38.0. The molecule has 0 unspecified atom stereocenters. The maximum absolute atomic E-state index is 11.2. The Morgan fingerprint density at radius 2 is 1.57 bits per heavy atom. The summed E-state index contributed by atoms with van der Waals surface area (Å²) in [4.78, 5) is 14.4. The van der Waals surface area contributed by atoms with E-state index in [4.69, 9.17) is 10.2 Å². The van der Waals surface area contributed by atoms with Gasteiger partial charge in [0.1, 0.15) is 0 Å². The number of aromatic hydroxyl groups is 2. The van der Waals surface area contributed by atoms with Gasteiger partial charge in [0.15, 0.2) is 17.3 Å². The van der Waals surface area contributed by atoms with E-state index in [1.165, 1.54) is 17.0 Å². The highest BCUT2D eigenvalue weighted by Crippen LogP contribution is 2.39. The molecule has 5 N–H and O–H groups in total. The summed E-state index contributed by atoms with van der Waals surface area (Å²) in [7, 11) is 0. The minimum Gasteiger partial charge on any atom is -0.504 e. The van der Waals surface area contributed by atoms with Crippen molar-refractivity contribution in [1.29, 1.82) is 0 Å². The second kappa shape index (κ2) is 5.42. The average Bonchev–Trinajstić information content (AvgIpc) is 3.11. The van der Waals surface area contributed by atoms with Crippen LogP contribution in [0.15, 0.2) is 54.4 Å². The lowest BCUT2D eigenvalue weighted by Gasteiger charge is -2.02. The lowest BCUT2D eigenvalue weighted by atomic mass is 10.1. The van der Waals surface area contributed by atoms with Gasteiger partial charge in [0.05, 0.1) is 5.56 Å². The maximum Gasteiger partial charge on any atom is 0.235 e. The largest absolute Gasteiger partial charge is 0.504 e. The molecule has 1 aromatic heterocycles. The molecule has 0 saturated heterocycles. The van der Waals surface area contributed by atoms with Crippen LogP contribution in [0.1, 0.15) is 15.9 Å². The number of aromatic nitrogens is 1. The number of hydrogen-bond acceptors (Lipinski definition) is 5. The number of carbonyl (C=O) groups is 1. The molecule has 1 heterocycles. The van der Waals surface area contributed by atoms with Gasteiger partial charge in [-0.15, -0.1) is 0 Å². The van der Waals surface area contributed by atoms with Gasteiger partial charge in [0.25, 0.3) is 0 Å². The molecule has 0 bridgehead atoms. The maximum atomic E-state index is 11.2. The molecule has 0 saturated carbocycles. The number of aliphatic hydroxyl groups is 2. The van der Waals surface area contributed by atoms with Gasteiger partial charge in [0, 0.05) is 17.3 Å². The van der Waals surface area contributed by atoms with Crippen molar-refractivity contribution in [2.24, 2.45) is 0 Å². The number of phenolic OH excluding ortho intramolecular Hbond substituents is 2. The van der Waals surface area contributed by atoms with Gasteiger partial charge in [-0.05, 0) is 29.7 Å². The van der Waals surface area contributed by atoms with Crippen LogP contribution in [-0.4, -0.2) is 31.2 Å². The number of phenols is 2. The van der Waals surface area contributed by atoms with Crippen LogP contribution in [0, 0.1) is 0 Å². The van der Waals surface area contributed by atoms with Crippen molar-refractivity contribution in [2.75, 3.05) is 0 Å². The summed E-state index contributed by atoms with van der Waals surface area (Å²) >= 11 is 0. The van der Waals surface area contributed by atoms with Crippen LogP contribution in [0.25, 0.3) is 16.7 Å². The second-order valence-corrected chi connectivity index (χ2v) is 4.95. The number of H-pyrrole nitrogens is 1. The molecule has 6 nitrogen and oxygen atoms in total. The molecule has 0 fully saturated rings. The fourth-order valence-electron chi connectivity index (χ4n) is 2.36. The molecule has 0 spiro atoms. The summed E-state index contributed by atoms with van der Waals surface area (Å²) in [5.74, 6) is -3.41. The number of allylic oxidation sites excluding steroid dienone is 1. The monoisotopic (exact) mass is 311 g/mol. The third-order valence-electron chi connectivity index (χ3n) is 3.54. The van der Waals surface area contributed by atoms with E-state index in [-0.39, 0.29) is 11.1 Å². The third-order valence-corrected chi connectivity index (χ3v) is 3.54. The highest BCUT2D eigenvalue weighted by molar-refractivity contribution is 6.19. The number of benzene rings is 2. The van der Waals surface area contributed by atoms with Gasteiger partial charge in [-0.25, -0.2) is 0 Å². The minimum absolute atomic E-state index is 0.0165. The zero-order chi connectivity index (χ0) is 16.6. The van der Waals surface area contributed by atoms with Crippen LogP contribution in [0.2, 0.25) is 0 Å². The number of Topliss-reactive ketones (excluding diaryl/α,β-unsaturated/α-hetero) is 1. The molecule has 6 heteroatoms. The Morgan fingerprint density at radius 3 is 2.30 bits per heavy atom. The standard InChI is InChI=1S/C9H6O5.C8H7N/c10-4-2-1-3-5(7(4)12)8(13)9(14)6(3)11;1-2-4-8-7(3-1)5-6-9-8/h1-2,10,12H,(H2,11,13,14);1-6,9H. The summed E-state index contributed by atoms with van der Waals surface area (Å²) in [6, 6.07) is 12.6. The number of aliphatic hydroxyl groups excluding tert-OH is 2. The Kier molecular flexibility index (Phi) is 3.42. The van der Waals surface area contributed by atoms with Crippen LogP contribution in [0.4, 0.5) is 0 Å². The number of rotatable bonds is 0. The zero-order valence-corrected chi connectivity index (χ0v) is 11.8. The fraction of sp³-hybridized carbons (Fsp3) is 0. The van der Waals surface area contributed by atoms with Gasteiger partial charge >= 0.3 is 0 Å². The van der Waals surface area contributed by atoms with Crippen LogP contribution in [-0.2, 0) is 0 Å². The molecule has 4 rings (SSSR count). The quantitative estimate of drug-likeness (QED) is 0.409. The number of ketones is 1. The molecular formula is C17H13NO5. The lowest BCUT2D eigenvalue weighted by molar-refractivity contribution is 0.0979. The van der Waals surface area contributed by atoms with E-state index in [1.807, 2.05) is 18.3 Å². The summed E-state index contributed by atoms with van der Waals surface area (Å²) in [5.41, 5.74) is 0.945. The van der Waals surface area contributed by atoms with Gasteiger partial charge in [0.2, 0.25) is 11.5 Å². The number of fused-ring (bicyclic) bond motifs is 2. The van der Waals surface area contributed by atoms with Crippen molar-refractivity contribution in [1.82, 2.24) is 4.98 Å². The Balaban J connectivity index is 0.000000149. The summed E-state index contributed by atoms with van der Waals surface area (Å²) in [6.45, 7) is 0. The van der Waals surface area contributed by atoms with Crippen molar-refractivity contribution in [2.45, 2.75) is 0 Å². The van der Waals surface area contributed by atoms with E-state index in [2.05, 4.69) is 23.2 Å². The van der Waals surface area contributed by atoms with Crippen LogP contribution in [0.5, 0.6) is 11.5 Å². The first kappa shape index (κ1) is 14.5. The Hall–Kier alpha value is -3.41. The van der Waals surface area contributed by atoms with Gasteiger partial charge in [-0.2, -0.15) is 0 Å². The average molecular weight is 311 g/mol. The molecule has 0 atom stereocenters. The van der Waals surface area contributed by atoms with Gasteiger partial charge in [-0.1, -0.05) is 18.2 Å². The molecule has 1 aliphatic carbocycles. The second-order valence-electron chi connectivity index (χ2n) is 4.95. The molecule has 0 amide bonds. The van der Waals surface area contributed by atoms with E-state index in [0.29, 0.717) is 0 Å². The van der Waals surface area contributed by atoms with Crippen LogP contribution >= 0.6 is 0 Å². The molecular weight excluding hydrogens is 298 g/mol. The molecule has 1 aliphatic rings.